The van der Waals surface area contributed by atoms with E-state index in [-0.39, 0.29) is 49.6 Å². The van der Waals surface area contributed by atoms with Crippen molar-refractivity contribution in [2.75, 3.05) is 48.1 Å². The van der Waals surface area contributed by atoms with Gasteiger partial charge in [0, 0.05) is 66.9 Å². The fourth-order valence-electron chi connectivity index (χ4n) is 13.6. The minimum atomic E-state index is -2.80. The van der Waals surface area contributed by atoms with Crippen molar-refractivity contribution in [3.05, 3.63) is 87.2 Å². The molecule has 0 spiro atoms. The number of alkyl halides is 2. The van der Waals surface area contributed by atoms with Crippen molar-refractivity contribution in [3.63, 3.8) is 0 Å². The Morgan fingerprint density at radius 1 is 0.678 bits per heavy atom. The van der Waals surface area contributed by atoms with E-state index in [0.717, 1.165) is 48.8 Å². The summed E-state index contributed by atoms with van der Waals surface area (Å²) in [6, 6.07) is 13.2. The first-order chi connectivity index (χ1) is 43.1. The first-order valence-electron chi connectivity index (χ1n) is 30.8. The average Bonchev–Trinajstić information content (AvgIpc) is 0.817. The van der Waals surface area contributed by atoms with Crippen LogP contribution in [0.15, 0.2) is 48.5 Å². The second-order valence-electron chi connectivity index (χ2n) is 23.4. The molecule has 9 rings (SSSR count). The van der Waals surface area contributed by atoms with Crippen LogP contribution in [0.25, 0.3) is 0 Å². The van der Waals surface area contributed by atoms with E-state index in [1.807, 2.05) is 13.8 Å². The molecule has 1 aromatic heterocycles. The maximum atomic E-state index is 14.4. The SMILES string of the molecule is CC[C@]1(C(=O)O)CCCC[C@H]1C(=O)N1CCc2c(Cl)ccc(OCc3nnn(C)c3C(F)F)c2[C@H]1CN1CCCC1=O.CC[C@]1(C(=O)OCc2ccc(OC)cc2OC)CCCC[C@H]1C(=O)O.COc1ccc(COC(=O)[C@H]2CCCC[C@H]2C(=O)O)c(OC)c1. The Hall–Kier alpha value is -7.76. The van der Waals surface area contributed by atoms with Gasteiger partial charge in [-0.05, 0) is 106 Å². The molecule has 2 amide bonds. The van der Waals surface area contributed by atoms with Crippen LogP contribution in [-0.2, 0) is 76.3 Å². The Labute approximate surface area is 527 Å². The number of hydrogen-bond acceptors (Lipinski definition) is 16. The number of carbonyl (C=O) groups excluding carboxylic acids is 4. The number of aliphatic carboxylic acids is 3. The summed E-state index contributed by atoms with van der Waals surface area (Å²) < 4.78 is 66.2. The largest absolute Gasteiger partial charge is 0.497 e. The molecule has 4 fully saturated rings. The number of amides is 2. The third-order valence-corrected chi connectivity index (χ3v) is 19.1. The highest BCUT2D eigenvalue weighted by Crippen LogP contribution is 2.49. The van der Waals surface area contributed by atoms with Gasteiger partial charge in [0.05, 0.1) is 69.0 Å². The van der Waals surface area contributed by atoms with Crippen LogP contribution >= 0.6 is 11.6 Å². The lowest BCUT2D eigenvalue weighted by molar-refractivity contribution is -0.172. The molecule has 1 saturated heterocycles. The lowest BCUT2D eigenvalue weighted by atomic mass is 9.64. The van der Waals surface area contributed by atoms with Crippen molar-refractivity contribution in [3.8, 4) is 28.7 Å². The maximum absolute atomic E-state index is 14.4. The number of methoxy groups -OCH3 is 4. The van der Waals surface area contributed by atoms with Gasteiger partial charge in [-0.1, -0.05) is 69.2 Å². The third kappa shape index (κ3) is 15.7. The van der Waals surface area contributed by atoms with Crippen LogP contribution in [0, 0.1) is 34.5 Å². The van der Waals surface area contributed by atoms with Crippen molar-refractivity contribution < 1.29 is 90.8 Å². The number of benzene rings is 3. The number of carboxylic acids is 3. The van der Waals surface area contributed by atoms with Crippen LogP contribution in [0.4, 0.5) is 8.78 Å². The van der Waals surface area contributed by atoms with E-state index < -0.39 is 76.8 Å². The summed E-state index contributed by atoms with van der Waals surface area (Å²) in [4.78, 5) is 91.1. The third-order valence-electron chi connectivity index (χ3n) is 18.8. The first kappa shape index (κ1) is 69.7. The van der Waals surface area contributed by atoms with Crippen molar-refractivity contribution in [1.82, 2.24) is 24.8 Å². The number of rotatable bonds is 22. The highest BCUT2D eigenvalue weighted by atomic mass is 35.5. The van der Waals surface area contributed by atoms with E-state index in [1.165, 1.54) is 21.3 Å². The van der Waals surface area contributed by atoms with Gasteiger partial charge in [0.2, 0.25) is 11.8 Å². The summed E-state index contributed by atoms with van der Waals surface area (Å²) in [6.45, 7) is 4.52. The van der Waals surface area contributed by atoms with Crippen LogP contribution in [0.3, 0.4) is 0 Å². The van der Waals surface area contributed by atoms with E-state index in [9.17, 15) is 57.7 Å². The number of esters is 2. The van der Waals surface area contributed by atoms with Crippen LogP contribution in [-0.4, -0.2) is 130 Å². The molecule has 22 nitrogen and oxygen atoms in total. The van der Waals surface area contributed by atoms with E-state index in [4.69, 9.17) is 44.8 Å². The number of fused-ring (bicyclic) bond motifs is 1. The minimum Gasteiger partial charge on any atom is -0.497 e. The number of nitrogens with zero attached hydrogens (tertiary/aromatic N) is 5. The number of likely N-dealkylation sites (tertiary alicyclic amines) is 1. The van der Waals surface area contributed by atoms with Crippen molar-refractivity contribution >= 4 is 53.3 Å². The molecule has 3 heterocycles. The van der Waals surface area contributed by atoms with E-state index >= 15 is 0 Å². The zero-order valence-corrected chi connectivity index (χ0v) is 53.0. The molecule has 0 bridgehead atoms. The fraction of sp³-hybridized carbons (Fsp3) is 0.585. The predicted molar refractivity (Wildman–Crippen MR) is 322 cm³/mol. The van der Waals surface area contributed by atoms with Gasteiger partial charge < -0.3 is 58.3 Å². The van der Waals surface area contributed by atoms with Crippen LogP contribution in [0.5, 0.6) is 28.7 Å². The lowest BCUT2D eigenvalue weighted by Gasteiger charge is -2.46. The molecular weight excluding hydrogens is 1200 g/mol. The van der Waals surface area contributed by atoms with E-state index in [0.29, 0.717) is 134 Å². The molecule has 3 aromatic carbocycles. The fourth-order valence-corrected chi connectivity index (χ4v) is 13.9. The smallest absolute Gasteiger partial charge is 0.313 e. The van der Waals surface area contributed by atoms with E-state index in [2.05, 4.69) is 10.3 Å². The molecule has 2 aliphatic heterocycles. The number of halogens is 3. The predicted octanol–water partition coefficient (Wildman–Crippen LogP) is 10.8. The Morgan fingerprint density at radius 2 is 1.27 bits per heavy atom. The van der Waals surface area contributed by atoms with Crippen LogP contribution < -0.4 is 23.7 Å². The van der Waals surface area contributed by atoms with Gasteiger partial charge >= 0.3 is 29.8 Å². The number of ether oxygens (including phenoxy) is 7. The summed E-state index contributed by atoms with van der Waals surface area (Å²) in [7, 11) is 7.57. The summed E-state index contributed by atoms with van der Waals surface area (Å²) in [5, 5.41) is 37.1. The normalized spacial score (nSPS) is 23.0. The Kier molecular flexibility index (Phi) is 24.6. The van der Waals surface area contributed by atoms with Gasteiger partial charge in [-0.25, -0.2) is 13.5 Å². The number of aryl methyl sites for hydroxylation is 1. The standard InChI is InChI=1S/C29H36ClF2N5O5.C19H26O6.C17H22O6/c1-3-29(28(40)41)12-5-4-7-18(29)27(39)37-14-11-17-19(30)9-10-22(24(17)21(37)15-36-13-6-8-23(36)38)42-16-20-25(26(31)32)35(2)34-33-20;1-4-19(10-6-5-7-15(19)17(20)21)18(22)25-12-13-8-9-14(23-2)11-16(13)24-3;1-21-12-8-7-11(15(9-12)22-2)10-23-17(20)14-6-4-3-5-13(14)16(18)19/h9-10,18,21,26H,3-8,11-16H2,1-2H3,(H,40,41);8-9,11,15H,4-7,10,12H2,1-3H3,(H,20,21);7-9,13-14H,3-6,10H2,1-2H3,(H,18,19)/t18-,21+,29-;15-,19-;13-,14+/m001/s1. The van der Waals surface area contributed by atoms with E-state index in [1.54, 1.807) is 72.6 Å². The van der Waals surface area contributed by atoms with Gasteiger partial charge in [-0.15, -0.1) is 5.10 Å². The van der Waals surface area contributed by atoms with Gasteiger partial charge in [-0.2, -0.15) is 0 Å². The molecule has 7 atom stereocenters. The maximum Gasteiger partial charge on any atom is 0.313 e. The number of carboxylic acid groups (broad SMARTS) is 3. The van der Waals surface area contributed by atoms with Gasteiger partial charge in [0.15, 0.2) is 0 Å². The molecule has 4 aromatic rings. The van der Waals surface area contributed by atoms with Crippen molar-refractivity contribution in [2.45, 2.75) is 155 Å². The average molecular weight is 1280 g/mol. The molecule has 3 N–H and O–H groups in total. The van der Waals surface area contributed by atoms with Crippen LogP contribution in [0.1, 0.15) is 163 Å². The molecule has 25 heteroatoms. The second kappa shape index (κ2) is 31.8. The molecule has 0 unspecified atom stereocenters. The highest BCUT2D eigenvalue weighted by molar-refractivity contribution is 6.31. The molecule has 492 valence electrons. The Morgan fingerprint density at radius 3 is 1.81 bits per heavy atom. The zero-order chi connectivity index (χ0) is 65.5. The summed E-state index contributed by atoms with van der Waals surface area (Å²) in [5.74, 6) is -3.77. The number of carbonyl (C=O) groups is 7. The lowest BCUT2D eigenvalue weighted by Crippen LogP contribution is -2.53. The summed E-state index contributed by atoms with van der Waals surface area (Å²) in [6.07, 6.45) is 7.46. The van der Waals surface area contributed by atoms with Crippen LogP contribution in [0.2, 0.25) is 5.02 Å². The Bertz CT molecular complexity index is 3200. The number of hydrogen-bond donors (Lipinski definition) is 3. The molecule has 0 radical (unpaired) electrons. The molecule has 90 heavy (non-hydrogen) atoms. The molecule has 3 aliphatic carbocycles. The topological polar surface area (TPSA) is 282 Å². The monoisotopic (exact) mass is 1280 g/mol. The zero-order valence-electron chi connectivity index (χ0n) is 52.3. The van der Waals surface area contributed by atoms with Crippen molar-refractivity contribution in [2.24, 2.45) is 41.5 Å². The summed E-state index contributed by atoms with van der Waals surface area (Å²) >= 11 is 6.66. The molecule has 3 saturated carbocycles. The minimum absolute atomic E-state index is 0.0115. The highest BCUT2D eigenvalue weighted by Gasteiger charge is 2.53. The van der Waals surface area contributed by atoms with Gasteiger partial charge in [-0.3, -0.25) is 33.6 Å². The number of aromatic nitrogens is 3. The quantitative estimate of drug-likeness (QED) is 0.0617. The van der Waals surface area contributed by atoms with Crippen molar-refractivity contribution in [1.29, 1.82) is 0 Å². The Balaban J connectivity index is 0.000000206. The summed E-state index contributed by atoms with van der Waals surface area (Å²) in [5.41, 5.74) is 0.330. The van der Waals surface area contributed by atoms with Gasteiger partial charge in [0.25, 0.3) is 6.43 Å². The molecular formula is C65H84ClF2N5O17. The molecule has 5 aliphatic rings. The second-order valence-corrected chi connectivity index (χ2v) is 23.9. The van der Waals surface area contributed by atoms with Gasteiger partial charge in [0.1, 0.15) is 60.0 Å². The first-order valence-corrected chi connectivity index (χ1v) is 31.1.